The number of ether oxygens (including phenoxy) is 2. The zero-order chi connectivity index (χ0) is 21.6. The minimum Gasteiger partial charge on any atom is -0.489 e. The minimum absolute atomic E-state index is 0.328. The maximum absolute atomic E-state index is 12.3. The number of anilines is 1. The van der Waals surface area contributed by atoms with Crippen LogP contribution >= 0.6 is 11.6 Å². The quantitative estimate of drug-likeness (QED) is 0.542. The lowest BCUT2D eigenvalue weighted by molar-refractivity contribution is -0.182. The lowest BCUT2D eigenvalue weighted by Gasteiger charge is -2.08. The first kappa shape index (κ1) is 21.7. The molecule has 10 heteroatoms. The van der Waals surface area contributed by atoms with Gasteiger partial charge in [0, 0.05) is 10.6 Å². The maximum Gasteiger partial charge on any atom is 0.411 e. The molecule has 1 heterocycles. The Hall–Kier alpha value is -3.04. The number of nitrogens with zero attached hydrogens (tertiary/aromatic N) is 2. The van der Waals surface area contributed by atoms with Gasteiger partial charge in [0.1, 0.15) is 25.7 Å². The molecule has 30 heavy (non-hydrogen) atoms. The van der Waals surface area contributed by atoms with Gasteiger partial charge in [-0.3, -0.25) is 4.79 Å². The van der Waals surface area contributed by atoms with Gasteiger partial charge in [0.15, 0.2) is 0 Å². The Kier molecular flexibility index (Phi) is 6.96. The van der Waals surface area contributed by atoms with E-state index in [0.717, 1.165) is 10.2 Å². The first-order chi connectivity index (χ1) is 14.3. The summed E-state index contributed by atoms with van der Waals surface area (Å²) >= 11 is 5.83. The van der Waals surface area contributed by atoms with E-state index in [2.05, 4.69) is 15.2 Å². The number of rotatable bonds is 8. The van der Waals surface area contributed by atoms with Gasteiger partial charge in [0.2, 0.25) is 0 Å². The summed E-state index contributed by atoms with van der Waals surface area (Å²) in [5.41, 5.74) is 1.62. The van der Waals surface area contributed by atoms with E-state index in [9.17, 15) is 18.0 Å². The van der Waals surface area contributed by atoms with Crippen LogP contribution in [-0.2, 0) is 18.1 Å². The smallest absolute Gasteiger partial charge is 0.411 e. The highest BCUT2D eigenvalue weighted by Gasteiger charge is 2.27. The average molecular weight is 440 g/mol. The highest BCUT2D eigenvalue weighted by atomic mass is 35.5. The normalized spacial score (nSPS) is 11.3. The molecule has 0 aliphatic heterocycles. The Labute approximate surface area is 175 Å². The van der Waals surface area contributed by atoms with Crippen molar-refractivity contribution >= 4 is 23.2 Å². The number of hydrogen-bond donors (Lipinski definition) is 1. The van der Waals surface area contributed by atoms with Crippen molar-refractivity contribution in [1.82, 2.24) is 9.78 Å². The van der Waals surface area contributed by atoms with E-state index < -0.39 is 12.8 Å². The lowest BCUT2D eigenvalue weighted by Crippen LogP contribution is -2.18. The Morgan fingerprint density at radius 3 is 2.47 bits per heavy atom. The van der Waals surface area contributed by atoms with E-state index in [4.69, 9.17) is 16.3 Å². The van der Waals surface area contributed by atoms with Gasteiger partial charge in [0.05, 0.1) is 18.1 Å². The van der Waals surface area contributed by atoms with Gasteiger partial charge in [-0.25, -0.2) is 4.68 Å². The van der Waals surface area contributed by atoms with Crippen molar-refractivity contribution in [2.24, 2.45) is 0 Å². The summed E-state index contributed by atoms with van der Waals surface area (Å²) in [6, 6.07) is 13.8. The van der Waals surface area contributed by atoms with Crippen LogP contribution in [0.25, 0.3) is 0 Å². The van der Waals surface area contributed by atoms with E-state index in [1.54, 1.807) is 48.5 Å². The largest absolute Gasteiger partial charge is 0.489 e. The summed E-state index contributed by atoms with van der Waals surface area (Å²) in [6.45, 7) is -1.42. The molecule has 1 aromatic heterocycles. The Bertz CT molecular complexity index is 973. The van der Waals surface area contributed by atoms with Crippen LogP contribution < -0.4 is 10.1 Å². The van der Waals surface area contributed by atoms with Gasteiger partial charge in [-0.2, -0.15) is 18.3 Å². The molecule has 0 bridgehead atoms. The number of carbonyl (C=O) groups is 1. The highest BCUT2D eigenvalue weighted by molar-refractivity contribution is 6.30. The summed E-state index contributed by atoms with van der Waals surface area (Å²) in [5.74, 6) is 0.299. The maximum atomic E-state index is 12.3. The molecule has 0 aliphatic rings. The number of hydrogen-bond acceptors (Lipinski definition) is 4. The molecule has 0 unspecified atom stereocenters. The molecule has 2 aromatic carbocycles. The first-order valence-corrected chi connectivity index (χ1v) is 9.12. The Balaban J connectivity index is 1.49. The molecule has 1 N–H and O–H groups in total. The second kappa shape index (κ2) is 9.64. The molecule has 1 amide bonds. The minimum atomic E-state index is -4.41. The van der Waals surface area contributed by atoms with E-state index >= 15 is 0 Å². The summed E-state index contributed by atoms with van der Waals surface area (Å²) in [7, 11) is 0. The monoisotopic (exact) mass is 439 g/mol. The number of amides is 1. The third-order valence-electron chi connectivity index (χ3n) is 3.82. The molecule has 0 spiro atoms. The number of nitrogens with one attached hydrogen (secondary N) is 1. The first-order valence-electron chi connectivity index (χ1n) is 8.74. The van der Waals surface area contributed by atoms with Crippen molar-refractivity contribution in [3.63, 3.8) is 0 Å². The van der Waals surface area contributed by atoms with Crippen LogP contribution in [0.3, 0.4) is 0 Å². The second-order valence-corrected chi connectivity index (χ2v) is 6.69. The van der Waals surface area contributed by atoms with Crippen molar-refractivity contribution in [2.75, 3.05) is 11.9 Å². The fraction of sp³-hybridized carbons (Fsp3) is 0.200. The fourth-order valence-electron chi connectivity index (χ4n) is 2.41. The molecule has 0 saturated carbocycles. The standard InChI is InChI=1S/C20H17ClF3N3O3/c21-16-5-7-18(8-6-16)30-11-14-1-3-15(4-2-14)19(28)26-17-9-25-27(10-17)13-29-12-20(22,23)24/h1-10H,11-13H2,(H,26,28). The van der Waals surface area contributed by atoms with Crippen molar-refractivity contribution in [2.45, 2.75) is 19.5 Å². The van der Waals surface area contributed by atoms with E-state index in [-0.39, 0.29) is 12.6 Å². The molecule has 0 radical (unpaired) electrons. The Morgan fingerprint density at radius 2 is 1.80 bits per heavy atom. The third kappa shape index (κ3) is 6.78. The topological polar surface area (TPSA) is 65.4 Å². The second-order valence-electron chi connectivity index (χ2n) is 6.25. The van der Waals surface area contributed by atoms with Crippen LogP contribution in [0.2, 0.25) is 5.02 Å². The number of alkyl halides is 3. The molecule has 6 nitrogen and oxygen atoms in total. The molecular formula is C20H17ClF3N3O3. The zero-order valence-electron chi connectivity index (χ0n) is 15.5. The zero-order valence-corrected chi connectivity index (χ0v) is 16.3. The van der Waals surface area contributed by atoms with E-state index in [1.807, 2.05) is 0 Å². The van der Waals surface area contributed by atoms with Crippen LogP contribution in [-0.4, -0.2) is 28.5 Å². The molecular weight excluding hydrogens is 423 g/mol. The summed E-state index contributed by atoms with van der Waals surface area (Å²) in [5, 5.41) is 7.09. The number of aromatic nitrogens is 2. The van der Waals surface area contributed by atoms with Gasteiger partial charge in [0.25, 0.3) is 5.91 Å². The molecule has 3 aromatic rings. The van der Waals surface area contributed by atoms with Crippen molar-refractivity contribution < 1.29 is 27.4 Å². The SMILES string of the molecule is O=C(Nc1cnn(COCC(F)(F)F)c1)c1ccc(COc2ccc(Cl)cc2)cc1. The fourth-order valence-corrected chi connectivity index (χ4v) is 2.53. The van der Waals surface area contributed by atoms with Gasteiger partial charge < -0.3 is 14.8 Å². The van der Waals surface area contributed by atoms with Crippen molar-refractivity contribution in [3.05, 3.63) is 77.1 Å². The number of carbonyl (C=O) groups excluding carboxylic acids is 1. The molecule has 0 atom stereocenters. The molecule has 0 fully saturated rings. The summed E-state index contributed by atoms with van der Waals surface area (Å²) in [4.78, 5) is 12.3. The molecule has 0 aliphatic carbocycles. The van der Waals surface area contributed by atoms with Crippen LogP contribution in [0, 0.1) is 0 Å². The molecule has 0 saturated heterocycles. The van der Waals surface area contributed by atoms with Crippen LogP contribution in [0.1, 0.15) is 15.9 Å². The summed E-state index contributed by atoms with van der Waals surface area (Å²) < 4.78 is 47.5. The van der Waals surface area contributed by atoms with Gasteiger partial charge in [-0.1, -0.05) is 23.7 Å². The number of benzene rings is 2. The van der Waals surface area contributed by atoms with Crippen molar-refractivity contribution in [3.8, 4) is 5.75 Å². The van der Waals surface area contributed by atoms with E-state index in [1.165, 1.54) is 12.4 Å². The van der Waals surface area contributed by atoms with Crippen LogP contribution in [0.4, 0.5) is 18.9 Å². The third-order valence-corrected chi connectivity index (χ3v) is 4.07. The Morgan fingerprint density at radius 1 is 1.10 bits per heavy atom. The predicted octanol–water partition coefficient (Wildman–Crippen LogP) is 4.90. The number of halogens is 4. The highest BCUT2D eigenvalue weighted by Crippen LogP contribution is 2.18. The van der Waals surface area contributed by atoms with E-state index in [0.29, 0.717) is 28.6 Å². The lowest BCUT2D eigenvalue weighted by atomic mass is 10.1. The molecule has 3 rings (SSSR count). The van der Waals surface area contributed by atoms with Gasteiger partial charge in [-0.15, -0.1) is 0 Å². The molecule has 158 valence electrons. The average Bonchev–Trinajstić information content (AvgIpc) is 3.14. The van der Waals surface area contributed by atoms with Gasteiger partial charge in [-0.05, 0) is 42.0 Å². The van der Waals surface area contributed by atoms with Gasteiger partial charge >= 0.3 is 6.18 Å². The predicted molar refractivity (Wildman–Crippen MR) is 104 cm³/mol. The summed E-state index contributed by atoms with van der Waals surface area (Å²) in [6.07, 6.45) is -1.71. The van der Waals surface area contributed by atoms with Crippen LogP contribution in [0.15, 0.2) is 60.9 Å². The van der Waals surface area contributed by atoms with Crippen molar-refractivity contribution in [1.29, 1.82) is 0 Å². The van der Waals surface area contributed by atoms with Crippen LogP contribution in [0.5, 0.6) is 5.75 Å².